The third kappa shape index (κ3) is 2.37. The number of nitrogens with zero attached hydrogens (tertiary/aromatic N) is 1. The number of benzene rings is 2. The molecule has 4 aromatic rings. The fourth-order valence-electron chi connectivity index (χ4n) is 3.13. The van der Waals surface area contributed by atoms with Crippen molar-refractivity contribution >= 4 is 33.0 Å². The molecule has 0 atom stereocenters. The van der Waals surface area contributed by atoms with E-state index in [0.29, 0.717) is 6.54 Å². The van der Waals surface area contributed by atoms with E-state index in [-0.39, 0.29) is 5.56 Å². The Morgan fingerprint density at radius 3 is 2.39 bits per heavy atom. The van der Waals surface area contributed by atoms with Crippen LogP contribution in [0.5, 0.6) is 0 Å². The molecule has 4 rings (SSSR count). The Hall–Kier alpha value is -2.39. The molecule has 0 spiro atoms. The smallest absolute Gasteiger partial charge is 0.259 e. The van der Waals surface area contributed by atoms with Crippen molar-refractivity contribution in [1.29, 1.82) is 0 Å². The molecule has 2 nitrogen and oxygen atoms in total. The van der Waals surface area contributed by atoms with Crippen LogP contribution < -0.4 is 5.56 Å². The maximum absolute atomic E-state index is 13.1. The van der Waals surface area contributed by atoms with Crippen LogP contribution in [0.1, 0.15) is 16.0 Å². The molecule has 3 heteroatoms. The van der Waals surface area contributed by atoms with Crippen LogP contribution in [-0.4, -0.2) is 4.57 Å². The van der Waals surface area contributed by atoms with E-state index in [2.05, 4.69) is 48.7 Å². The van der Waals surface area contributed by atoms with E-state index < -0.39 is 0 Å². The van der Waals surface area contributed by atoms with E-state index in [9.17, 15) is 4.79 Å². The summed E-state index contributed by atoms with van der Waals surface area (Å²) in [5, 5.41) is 5.04. The molecule has 114 valence electrons. The number of aryl methyl sites for hydroxylation is 2. The van der Waals surface area contributed by atoms with Gasteiger partial charge >= 0.3 is 0 Å². The molecule has 0 aliphatic carbocycles. The number of hydrogen-bond acceptors (Lipinski definition) is 2. The van der Waals surface area contributed by atoms with Crippen LogP contribution in [0.2, 0.25) is 0 Å². The van der Waals surface area contributed by atoms with Crippen molar-refractivity contribution in [3.63, 3.8) is 0 Å². The summed E-state index contributed by atoms with van der Waals surface area (Å²) in [5.41, 5.74) is 3.39. The summed E-state index contributed by atoms with van der Waals surface area (Å²) in [6.45, 7) is 4.72. The van der Waals surface area contributed by atoms with Gasteiger partial charge in [0.15, 0.2) is 0 Å². The third-order valence-corrected chi connectivity index (χ3v) is 5.14. The lowest BCUT2D eigenvalue weighted by Crippen LogP contribution is -2.21. The number of pyridine rings is 1. The second kappa shape index (κ2) is 5.36. The normalized spacial score (nSPS) is 11.4. The molecule has 0 amide bonds. The van der Waals surface area contributed by atoms with Crippen LogP contribution in [-0.2, 0) is 6.54 Å². The van der Waals surface area contributed by atoms with Crippen molar-refractivity contribution < 1.29 is 0 Å². The van der Waals surface area contributed by atoms with Gasteiger partial charge in [-0.05, 0) is 48.4 Å². The second-order valence-electron chi connectivity index (χ2n) is 6.04. The van der Waals surface area contributed by atoms with Crippen molar-refractivity contribution in [2.45, 2.75) is 20.4 Å². The summed E-state index contributed by atoms with van der Waals surface area (Å²) < 4.78 is 1.91. The predicted molar refractivity (Wildman–Crippen MR) is 98.6 cm³/mol. The maximum Gasteiger partial charge on any atom is 0.259 e. The average molecular weight is 319 g/mol. The largest absolute Gasteiger partial charge is 0.302 e. The molecule has 0 N–H and O–H groups in total. The van der Waals surface area contributed by atoms with Crippen molar-refractivity contribution in [3.05, 3.63) is 80.3 Å². The molecule has 2 aromatic carbocycles. The first-order chi connectivity index (χ1) is 11.1. The monoisotopic (exact) mass is 319 g/mol. The first kappa shape index (κ1) is 14.2. The predicted octanol–water partition coefficient (Wildman–Crippen LogP) is 4.88. The van der Waals surface area contributed by atoms with Gasteiger partial charge in [0.2, 0.25) is 0 Å². The van der Waals surface area contributed by atoms with Crippen molar-refractivity contribution in [2.75, 3.05) is 0 Å². The standard InChI is InChI=1S/C20H17NOS/c1-13-5-7-16-17-8-6-14(2)11-19(17)21(20(22)18(16)10-13)12-15-4-3-9-23-15/h3-11H,12H2,1-2H3. The molecule has 0 aliphatic heterocycles. The molecule has 0 unspecified atom stereocenters. The van der Waals surface area contributed by atoms with Crippen LogP contribution in [0.25, 0.3) is 21.7 Å². The lowest BCUT2D eigenvalue weighted by molar-refractivity contribution is 0.815. The van der Waals surface area contributed by atoms with Gasteiger partial charge in [0.05, 0.1) is 12.1 Å². The van der Waals surface area contributed by atoms with E-state index in [1.807, 2.05) is 23.6 Å². The SMILES string of the molecule is Cc1ccc2c(c1)c(=O)n(Cc1cccs1)c1cc(C)ccc21. The van der Waals surface area contributed by atoms with E-state index in [4.69, 9.17) is 0 Å². The molecule has 2 aromatic heterocycles. The van der Waals surface area contributed by atoms with Gasteiger partial charge in [-0.3, -0.25) is 4.79 Å². The fraction of sp³-hybridized carbons (Fsp3) is 0.150. The Morgan fingerprint density at radius 2 is 1.65 bits per heavy atom. The highest BCUT2D eigenvalue weighted by Gasteiger charge is 2.12. The highest BCUT2D eigenvalue weighted by molar-refractivity contribution is 7.09. The molecule has 0 bridgehead atoms. The van der Waals surface area contributed by atoms with Crippen molar-refractivity contribution in [2.24, 2.45) is 0 Å². The van der Waals surface area contributed by atoms with Crippen LogP contribution >= 0.6 is 11.3 Å². The number of thiophene rings is 1. The summed E-state index contributed by atoms with van der Waals surface area (Å²) in [6, 6.07) is 16.6. The van der Waals surface area contributed by atoms with Crippen LogP contribution in [0.4, 0.5) is 0 Å². The third-order valence-electron chi connectivity index (χ3n) is 4.28. The van der Waals surface area contributed by atoms with Crippen molar-refractivity contribution in [3.8, 4) is 0 Å². The topological polar surface area (TPSA) is 22.0 Å². The quantitative estimate of drug-likeness (QED) is 0.483. The summed E-state index contributed by atoms with van der Waals surface area (Å²) in [5.74, 6) is 0. The van der Waals surface area contributed by atoms with Gasteiger partial charge < -0.3 is 4.57 Å². The minimum atomic E-state index is 0.0928. The van der Waals surface area contributed by atoms with Gasteiger partial charge in [0.1, 0.15) is 0 Å². The molecular weight excluding hydrogens is 302 g/mol. The lowest BCUT2D eigenvalue weighted by atomic mass is 10.0. The molecule has 0 aliphatic rings. The molecule has 2 heterocycles. The zero-order chi connectivity index (χ0) is 16.0. The average Bonchev–Trinajstić information content (AvgIpc) is 3.04. The van der Waals surface area contributed by atoms with Gasteiger partial charge in [0, 0.05) is 15.6 Å². The Bertz CT molecular complexity index is 1070. The minimum Gasteiger partial charge on any atom is -0.302 e. The van der Waals surface area contributed by atoms with Gasteiger partial charge in [-0.15, -0.1) is 11.3 Å². The number of hydrogen-bond donors (Lipinski definition) is 0. The van der Waals surface area contributed by atoms with Gasteiger partial charge in [-0.1, -0.05) is 35.9 Å². The molecule has 0 saturated heterocycles. The summed E-state index contributed by atoms with van der Waals surface area (Å²) in [6.07, 6.45) is 0. The number of rotatable bonds is 2. The van der Waals surface area contributed by atoms with Crippen molar-refractivity contribution in [1.82, 2.24) is 4.57 Å². The Labute approximate surface area is 138 Å². The van der Waals surface area contributed by atoms with E-state index >= 15 is 0 Å². The van der Waals surface area contributed by atoms with Crippen LogP contribution in [0.3, 0.4) is 0 Å². The number of fused-ring (bicyclic) bond motifs is 3. The second-order valence-corrected chi connectivity index (χ2v) is 7.07. The zero-order valence-corrected chi connectivity index (χ0v) is 14.0. The summed E-state index contributed by atoms with van der Waals surface area (Å²) >= 11 is 1.69. The molecule has 23 heavy (non-hydrogen) atoms. The van der Waals surface area contributed by atoms with Gasteiger partial charge in [0.25, 0.3) is 5.56 Å². The van der Waals surface area contributed by atoms with Gasteiger partial charge in [-0.25, -0.2) is 0 Å². The minimum absolute atomic E-state index is 0.0928. The van der Waals surface area contributed by atoms with E-state index in [1.165, 1.54) is 10.4 Å². The van der Waals surface area contributed by atoms with E-state index in [1.54, 1.807) is 11.3 Å². The first-order valence-corrected chi connectivity index (χ1v) is 8.57. The molecule has 0 radical (unpaired) electrons. The Morgan fingerprint density at radius 1 is 0.913 bits per heavy atom. The highest BCUT2D eigenvalue weighted by atomic mass is 32.1. The van der Waals surface area contributed by atoms with Crippen LogP contribution in [0.15, 0.2) is 58.7 Å². The van der Waals surface area contributed by atoms with Gasteiger partial charge in [-0.2, -0.15) is 0 Å². The maximum atomic E-state index is 13.1. The molecule has 0 fully saturated rings. The molecule has 0 saturated carbocycles. The summed E-state index contributed by atoms with van der Waals surface area (Å²) in [4.78, 5) is 14.3. The Balaban J connectivity index is 2.14. The lowest BCUT2D eigenvalue weighted by Gasteiger charge is -2.13. The molecular formula is C20H17NOS. The van der Waals surface area contributed by atoms with E-state index in [0.717, 1.165) is 27.2 Å². The summed E-state index contributed by atoms with van der Waals surface area (Å²) in [7, 11) is 0. The highest BCUT2D eigenvalue weighted by Crippen LogP contribution is 2.25. The fourth-order valence-corrected chi connectivity index (χ4v) is 3.83. The Kier molecular flexibility index (Phi) is 3.31. The first-order valence-electron chi connectivity index (χ1n) is 7.69. The zero-order valence-electron chi connectivity index (χ0n) is 13.2. The van der Waals surface area contributed by atoms with Crippen LogP contribution in [0, 0.1) is 13.8 Å². The number of aromatic nitrogens is 1.